The molecule has 0 aliphatic carbocycles. The summed E-state index contributed by atoms with van der Waals surface area (Å²) in [5.74, 6) is 2.10. The molecule has 0 fully saturated rings. The monoisotopic (exact) mass is 375 g/mol. The van der Waals surface area contributed by atoms with Gasteiger partial charge in [-0.05, 0) is 55.5 Å². The van der Waals surface area contributed by atoms with Crippen molar-refractivity contribution < 1.29 is 18.5 Å². The van der Waals surface area contributed by atoms with Crippen LogP contribution in [0.1, 0.15) is 22.0 Å². The Kier molecular flexibility index (Phi) is 4.88. The van der Waals surface area contributed by atoms with E-state index in [2.05, 4.69) is 15.5 Å². The van der Waals surface area contributed by atoms with Crippen LogP contribution in [-0.2, 0) is 6.54 Å². The first-order chi connectivity index (χ1) is 13.7. The van der Waals surface area contributed by atoms with E-state index in [4.69, 9.17) is 13.7 Å². The van der Waals surface area contributed by atoms with Crippen molar-refractivity contribution in [3.05, 3.63) is 84.1 Å². The van der Waals surface area contributed by atoms with Crippen molar-refractivity contribution in [2.75, 3.05) is 0 Å². The van der Waals surface area contributed by atoms with E-state index in [1.54, 1.807) is 12.1 Å². The van der Waals surface area contributed by atoms with E-state index in [1.807, 2.05) is 55.5 Å². The standard InChI is InChI=1S/C21H17N3O4/c1-14-4-8-16(9-5-14)27-17-10-6-15(7-11-17)20-23-19(28-24-20)13-22-21(25)18-3-2-12-26-18/h2-12H,13H2,1H3,(H,22,25). The number of amides is 1. The first kappa shape index (κ1) is 17.5. The molecule has 4 rings (SSSR count). The maximum absolute atomic E-state index is 11.9. The summed E-state index contributed by atoms with van der Waals surface area (Å²) in [7, 11) is 0. The van der Waals surface area contributed by atoms with Crippen LogP contribution in [0, 0.1) is 6.92 Å². The Labute approximate surface area is 161 Å². The van der Waals surface area contributed by atoms with Crippen LogP contribution in [-0.4, -0.2) is 16.0 Å². The van der Waals surface area contributed by atoms with Crippen LogP contribution in [0.2, 0.25) is 0 Å². The van der Waals surface area contributed by atoms with Crippen LogP contribution < -0.4 is 10.1 Å². The number of carbonyl (C=O) groups excluding carboxylic acids is 1. The summed E-state index contributed by atoms with van der Waals surface area (Å²) in [6.45, 7) is 2.14. The molecular formula is C21H17N3O4. The van der Waals surface area contributed by atoms with Gasteiger partial charge in [0.15, 0.2) is 5.76 Å². The van der Waals surface area contributed by atoms with Gasteiger partial charge in [-0.1, -0.05) is 22.9 Å². The van der Waals surface area contributed by atoms with Gasteiger partial charge in [0.05, 0.1) is 12.8 Å². The highest BCUT2D eigenvalue weighted by Crippen LogP contribution is 2.24. The first-order valence-electron chi connectivity index (χ1n) is 8.66. The van der Waals surface area contributed by atoms with Crippen molar-refractivity contribution in [3.8, 4) is 22.9 Å². The Morgan fingerprint density at radius 1 is 1.04 bits per heavy atom. The molecule has 28 heavy (non-hydrogen) atoms. The van der Waals surface area contributed by atoms with Gasteiger partial charge in [-0.25, -0.2) is 0 Å². The molecule has 0 bridgehead atoms. The molecular weight excluding hydrogens is 358 g/mol. The number of nitrogens with zero attached hydrogens (tertiary/aromatic N) is 2. The molecule has 0 spiro atoms. The normalized spacial score (nSPS) is 10.6. The third kappa shape index (κ3) is 4.09. The molecule has 1 N–H and O–H groups in total. The lowest BCUT2D eigenvalue weighted by Crippen LogP contribution is -2.22. The minimum Gasteiger partial charge on any atom is -0.459 e. The van der Waals surface area contributed by atoms with Crippen LogP contribution >= 0.6 is 0 Å². The average Bonchev–Trinajstić information content (AvgIpc) is 3.41. The fraction of sp³-hybridized carbons (Fsp3) is 0.0952. The highest BCUT2D eigenvalue weighted by atomic mass is 16.5. The fourth-order valence-corrected chi connectivity index (χ4v) is 2.51. The van der Waals surface area contributed by atoms with Crippen molar-refractivity contribution in [2.45, 2.75) is 13.5 Å². The quantitative estimate of drug-likeness (QED) is 0.538. The van der Waals surface area contributed by atoms with E-state index in [9.17, 15) is 4.79 Å². The predicted octanol–water partition coefficient (Wildman–Crippen LogP) is 4.36. The SMILES string of the molecule is Cc1ccc(Oc2ccc(-c3noc(CNC(=O)c4ccco4)n3)cc2)cc1. The van der Waals surface area contributed by atoms with Crippen LogP contribution in [0.5, 0.6) is 11.5 Å². The predicted molar refractivity (Wildman–Crippen MR) is 101 cm³/mol. The highest BCUT2D eigenvalue weighted by Gasteiger charge is 2.12. The van der Waals surface area contributed by atoms with Crippen LogP contribution in [0.15, 0.2) is 75.9 Å². The number of aryl methyl sites for hydroxylation is 1. The fourth-order valence-electron chi connectivity index (χ4n) is 2.51. The third-order valence-electron chi connectivity index (χ3n) is 3.98. The minimum absolute atomic E-state index is 0.112. The molecule has 0 unspecified atom stereocenters. The maximum atomic E-state index is 11.9. The molecule has 0 atom stereocenters. The van der Waals surface area contributed by atoms with Crippen LogP contribution in [0.25, 0.3) is 11.4 Å². The molecule has 0 radical (unpaired) electrons. The number of benzene rings is 2. The van der Waals surface area contributed by atoms with Crippen molar-refractivity contribution >= 4 is 5.91 Å². The van der Waals surface area contributed by atoms with Gasteiger partial charge in [0, 0.05) is 5.56 Å². The van der Waals surface area contributed by atoms with Crippen molar-refractivity contribution in [1.29, 1.82) is 0 Å². The van der Waals surface area contributed by atoms with Gasteiger partial charge in [0.25, 0.3) is 5.91 Å². The Morgan fingerprint density at radius 2 is 1.75 bits per heavy atom. The molecule has 140 valence electrons. The van der Waals surface area contributed by atoms with Gasteiger partial charge in [0.2, 0.25) is 11.7 Å². The highest BCUT2D eigenvalue weighted by molar-refractivity contribution is 5.91. The lowest BCUT2D eigenvalue weighted by molar-refractivity contribution is 0.0918. The van der Waals surface area contributed by atoms with Crippen LogP contribution in [0.4, 0.5) is 0 Å². The summed E-state index contributed by atoms with van der Waals surface area (Å²) < 4.78 is 16.0. The molecule has 1 amide bonds. The van der Waals surface area contributed by atoms with Crippen LogP contribution in [0.3, 0.4) is 0 Å². The molecule has 2 aromatic carbocycles. The summed E-state index contributed by atoms with van der Waals surface area (Å²) in [5.41, 5.74) is 1.96. The zero-order valence-corrected chi connectivity index (χ0v) is 15.1. The topological polar surface area (TPSA) is 90.4 Å². The zero-order chi connectivity index (χ0) is 19.3. The molecule has 0 saturated heterocycles. The van der Waals surface area contributed by atoms with E-state index >= 15 is 0 Å². The number of rotatable bonds is 6. The number of furan rings is 1. The molecule has 0 aliphatic heterocycles. The van der Waals surface area contributed by atoms with Gasteiger partial charge >= 0.3 is 0 Å². The summed E-state index contributed by atoms with van der Waals surface area (Å²) in [6, 6.07) is 18.4. The second-order valence-corrected chi connectivity index (χ2v) is 6.11. The summed E-state index contributed by atoms with van der Waals surface area (Å²) >= 11 is 0. The summed E-state index contributed by atoms with van der Waals surface area (Å²) in [5, 5.41) is 6.61. The number of carbonyl (C=O) groups is 1. The maximum Gasteiger partial charge on any atom is 0.287 e. The number of nitrogens with one attached hydrogen (secondary N) is 1. The second-order valence-electron chi connectivity index (χ2n) is 6.11. The van der Waals surface area contributed by atoms with E-state index in [0.717, 1.165) is 11.3 Å². The van der Waals surface area contributed by atoms with E-state index in [1.165, 1.54) is 11.8 Å². The summed E-state index contributed by atoms with van der Waals surface area (Å²) in [4.78, 5) is 16.1. The lowest BCUT2D eigenvalue weighted by Gasteiger charge is -2.06. The molecule has 4 aromatic rings. The molecule has 0 saturated carbocycles. The van der Waals surface area contributed by atoms with E-state index in [0.29, 0.717) is 17.5 Å². The van der Waals surface area contributed by atoms with Crippen molar-refractivity contribution in [3.63, 3.8) is 0 Å². The molecule has 0 aliphatic rings. The molecule has 7 nitrogen and oxygen atoms in total. The Hall–Kier alpha value is -3.87. The van der Waals surface area contributed by atoms with Gasteiger partial charge in [0.1, 0.15) is 11.5 Å². The smallest absolute Gasteiger partial charge is 0.287 e. The van der Waals surface area contributed by atoms with Gasteiger partial charge < -0.3 is 19.0 Å². The number of aromatic nitrogens is 2. The number of ether oxygens (including phenoxy) is 1. The Morgan fingerprint density at radius 3 is 2.43 bits per heavy atom. The average molecular weight is 375 g/mol. The largest absolute Gasteiger partial charge is 0.459 e. The van der Waals surface area contributed by atoms with E-state index in [-0.39, 0.29) is 18.2 Å². The third-order valence-corrected chi connectivity index (χ3v) is 3.98. The second kappa shape index (κ2) is 7.79. The minimum atomic E-state index is -0.345. The van der Waals surface area contributed by atoms with Gasteiger partial charge in [-0.2, -0.15) is 4.98 Å². The Bertz CT molecular complexity index is 1050. The number of hydrogen-bond acceptors (Lipinski definition) is 6. The van der Waals surface area contributed by atoms with Gasteiger partial charge in [-0.15, -0.1) is 0 Å². The zero-order valence-electron chi connectivity index (χ0n) is 15.1. The summed E-state index contributed by atoms with van der Waals surface area (Å²) in [6.07, 6.45) is 1.44. The van der Waals surface area contributed by atoms with Crippen molar-refractivity contribution in [1.82, 2.24) is 15.5 Å². The first-order valence-corrected chi connectivity index (χ1v) is 8.66. The molecule has 2 heterocycles. The van der Waals surface area contributed by atoms with E-state index < -0.39 is 0 Å². The number of hydrogen-bond donors (Lipinski definition) is 1. The van der Waals surface area contributed by atoms with Gasteiger partial charge in [-0.3, -0.25) is 4.79 Å². The molecule has 2 aromatic heterocycles. The molecule has 7 heteroatoms. The lowest BCUT2D eigenvalue weighted by atomic mass is 10.2. The Balaban J connectivity index is 1.38. The van der Waals surface area contributed by atoms with Crippen molar-refractivity contribution in [2.24, 2.45) is 0 Å².